The number of hydrogen-bond acceptors (Lipinski definition) is 2. The van der Waals surface area contributed by atoms with Crippen molar-refractivity contribution in [2.24, 2.45) is 17.1 Å². The van der Waals surface area contributed by atoms with Gasteiger partial charge in [-0.2, -0.15) is 0 Å². The SMILES string of the molecule is CC1(C)CCCC(C(N)CO)C1. The van der Waals surface area contributed by atoms with Crippen LogP contribution in [0.15, 0.2) is 0 Å². The van der Waals surface area contributed by atoms with Gasteiger partial charge in [-0.25, -0.2) is 0 Å². The first-order valence-electron chi connectivity index (χ1n) is 4.91. The first-order valence-corrected chi connectivity index (χ1v) is 4.91. The van der Waals surface area contributed by atoms with Crippen LogP contribution in [0.5, 0.6) is 0 Å². The highest BCUT2D eigenvalue weighted by Crippen LogP contribution is 2.39. The van der Waals surface area contributed by atoms with E-state index in [1.54, 1.807) is 0 Å². The molecule has 1 rings (SSSR count). The van der Waals surface area contributed by atoms with Gasteiger partial charge in [-0.05, 0) is 30.6 Å². The van der Waals surface area contributed by atoms with Gasteiger partial charge in [-0.1, -0.05) is 20.3 Å². The summed E-state index contributed by atoms with van der Waals surface area (Å²) in [6, 6.07) is 0.00424. The standard InChI is InChI=1S/C10H21NO/c1-10(2)5-3-4-8(6-10)9(11)7-12/h8-9,12H,3-7,11H2,1-2H3. The molecule has 0 aromatic heterocycles. The first-order chi connectivity index (χ1) is 5.55. The summed E-state index contributed by atoms with van der Waals surface area (Å²) in [7, 11) is 0. The van der Waals surface area contributed by atoms with Crippen LogP contribution in [-0.2, 0) is 0 Å². The van der Waals surface area contributed by atoms with E-state index in [2.05, 4.69) is 13.8 Å². The zero-order chi connectivity index (χ0) is 9.19. The number of hydrogen-bond donors (Lipinski definition) is 2. The molecule has 1 saturated carbocycles. The second-order valence-corrected chi connectivity index (χ2v) is 4.87. The van der Waals surface area contributed by atoms with Crippen molar-refractivity contribution in [3.63, 3.8) is 0 Å². The third-order valence-electron chi connectivity index (χ3n) is 3.06. The molecule has 0 aromatic carbocycles. The smallest absolute Gasteiger partial charge is 0.0585 e. The quantitative estimate of drug-likeness (QED) is 0.661. The van der Waals surface area contributed by atoms with E-state index in [9.17, 15) is 0 Å². The normalized spacial score (nSPS) is 31.5. The minimum Gasteiger partial charge on any atom is -0.395 e. The van der Waals surface area contributed by atoms with Gasteiger partial charge in [-0.3, -0.25) is 0 Å². The summed E-state index contributed by atoms with van der Waals surface area (Å²) in [4.78, 5) is 0. The van der Waals surface area contributed by atoms with Crippen LogP contribution in [0.1, 0.15) is 39.5 Å². The Bertz CT molecular complexity index is 145. The van der Waals surface area contributed by atoms with Crippen LogP contribution < -0.4 is 5.73 Å². The zero-order valence-electron chi connectivity index (χ0n) is 8.21. The summed E-state index contributed by atoms with van der Waals surface area (Å²) in [6.07, 6.45) is 4.95. The van der Waals surface area contributed by atoms with Crippen molar-refractivity contribution < 1.29 is 5.11 Å². The molecule has 0 saturated heterocycles. The second-order valence-electron chi connectivity index (χ2n) is 4.87. The molecule has 0 aromatic rings. The largest absolute Gasteiger partial charge is 0.395 e. The Kier molecular flexibility index (Phi) is 3.13. The molecule has 72 valence electrons. The minimum absolute atomic E-state index is 0.00424. The molecule has 1 aliphatic rings. The van der Waals surface area contributed by atoms with Crippen molar-refractivity contribution in [2.45, 2.75) is 45.6 Å². The first kappa shape index (κ1) is 10.0. The van der Waals surface area contributed by atoms with Crippen LogP contribution in [0, 0.1) is 11.3 Å². The van der Waals surface area contributed by atoms with Gasteiger partial charge in [0.25, 0.3) is 0 Å². The average Bonchev–Trinajstić information content (AvgIpc) is 2.01. The summed E-state index contributed by atoms with van der Waals surface area (Å²) in [5.74, 6) is 0.541. The lowest BCUT2D eigenvalue weighted by atomic mass is 9.70. The summed E-state index contributed by atoms with van der Waals surface area (Å²) >= 11 is 0. The molecular formula is C10H21NO. The Morgan fingerprint density at radius 2 is 2.25 bits per heavy atom. The molecule has 2 nitrogen and oxygen atoms in total. The Labute approximate surface area is 75.2 Å². The summed E-state index contributed by atoms with van der Waals surface area (Å²) in [6.45, 7) is 4.73. The van der Waals surface area contributed by atoms with Crippen LogP contribution in [0.4, 0.5) is 0 Å². The molecule has 3 N–H and O–H groups in total. The predicted molar refractivity (Wildman–Crippen MR) is 50.8 cm³/mol. The van der Waals surface area contributed by atoms with E-state index in [4.69, 9.17) is 10.8 Å². The summed E-state index contributed by atoms with van der Waals surface area (Å²) < 4.78 is 0. The molecule has 0 aliphatic heterocycles. The van der Waals surface area contributed by atoms with Crippen molar-refractivity contribution >= 4 is 0 Å². The van der Waals surface area contributed by atoms with Gasteiger partial charge >= 0.3 is 0 Å². The van der Waals surface area contributed by atoms with Crippen LogP contribution in [0.2, 0.25) is 0 Å². The average molecular weight is 171 g/mol. The molecule has 1 fully saturated rings. The predicted octanol–water partition coefficient (Wildman–Crippen LogP) is 1.52. The third kappa shape index (κ3) is 2.46. The Balaban J connectivity index is 2.46. The molecule has 2 atom stereocenters. The van der Waals surface area contributed by atoms with Crippen LogP contribution in [-0.4, -0.2) is 17.8 Å². The maximum atomic E-state index is 8.93. The summed E-state index contributed by atoms with van der Waals surface area (Å²) in [5, 5.41) is 8.93. The fraction of sp³-hybridized carbons (Fsp3) is 1.00. The molecule has 12 heavy (non-hydrogen) atoms. The highest BCUT2D eigenvalue weighted by molar-refractivity contribution is 4.84. The van der Waals surface area contributed by atoms with Gasteiger partial charge in [0, 0.05) is 6.04 Å². The fourth-order valence-electron chi connectivity index (χ4n) is 2.27. The van der Waals surface area contributed by atoms with E-state index in [-0.39, 0.29) is 12.6 Å². The van der Waals surface area contributed by atoms with Gasteiger partial charge in [0.2, 0.25) is 0 Å². The molecular weight excluding hydrogens is 150 g/mol. The zero-order valence-corrected chi connectivity index (χ0v) is 8.21. The van der Waals surface area contributed by atoms with Gasteiger partial charge in [-0.15, -0.1) is 0 Å². The topological polar surface area (TPSA) is 46.2 Å². The van der Waals surface area contributed by atoms with E-state index in [1.807, 2.05) is 0 Å². The Hall–Kier alpha value is -0.0800. The van der Waals surface area contributed by atoms with Crippen molar-refractivity contribution in [1.29, 1.82) is 0 Å². The lowest BCUT2D eigenvalue weighted by molar-refractivity contribution is 0.130. The van der Waals surface area contributed by atoms with Crippen molar-refractivity contribution in [3.05, 3.63) is 0 Å². The number of nitrogens with two attached hydrogens (primary N) is 1. The van der Waals surface area contributed by atoms with E-state index in [0.29, 0.717) is 11.3 Å². The third-order valence-corrected chi connectivity index (χ3v) is 3.06. The van der Waals surface area contributed by atoms with Gasteiger partial charge in [0.05, 0.1) is 6.61 Å². The maximum Gasteiger partial charge on any atom is 0.0585 e. The Morgan fingerprint density at radius 3 is 2.75 bits per heavy atom. The minimum atomic E-state index is 0.00424. The monoisotopic (exact) mass is 171 g/mol. The number of aliphatic hydroxyl groups excluding tert-OH is 1. The molecule has 0 heterocycles. The molecule has 2 unspecified atom stereocenters. The van der Waals surface area contributed by atoms with Crippen LogP contribution >= 0.6 is 0 Å². The fourth-order valence-corrected chi connectivity index (χ4v) is 2.27. The van der Waals surface area contributed by atoms with Crippen LogP contribution in [0.25, 0.3) is 0 Å². The lowest BCUT2D eigenvalue weighted by Gasteiger charge is -2.37. The highest BCUT2D eigenvalue weighted by Gasteiger charge is 2.30. The highest BCUT2D eigenvalue weighted by atomic mass is 16.3. The Morgan fingerprint density at radius 1 is 1.58 bits per heavy atom. The van der Waals surface area contributed by atoms with E-state index < -0.39 is 0 Å². The molecule has 0 amide bonds. The number of aliphatic hydroxyl groups is 1. The van der Waals surface area contributed by atoms with Crippen molar-refractivity contribution in [3.8, 4) is 0 Å². The lowest BCUT2D eigenvalue weighted by Crippen LogP contribution is -2.38. The maximum absolute atomic E-state index is 8.93. The van der Waals surface area contributed by atoms with Crippen molar-refractivity contribution in [2.75, 3.05) is 6.61 Å². The van der Waals surface area contributed by atoms with Gasteiger partial charge in [0.15, 0.2) is 0 Å². The number of rotatable bonds is 2. The molecule has 0 spiro atoms. The second kappa shape index (κ2) is 3.75. The van der Waals surface area contributed by atoms with Gasteiger partial charge in [0.1, 0.15) is 0 Å². The van der Waals surface area contributed by atoms with Crippen molar-refractivity contribution in [1.82, 2.24) is 0 Å². The molecule has 0 radical (unpaired) electrons. The molecule has 0 bridgehead atoms. The van der Waals surface area contributed by atoms with E-state index in [1.165, 1.54) is 25.7 Å². The summed E-state index contributed by atoms with van der Waals surface area (Å²) in [5.41, 5.74) is 6.26. The van der Waals surface area contributed by atoms with Crippen LogP contribution in [0.3, 0.4) is 0 Å². The molecule has 1 aliphatic carbocycles. The van der Waals surface area contributed by atoms with E-state index in [0.717, 1.165) is 0 Å². The van der Waals surface area contributed by atoms with Gasteiger partial charge < -0.3 is 10.8 Å². The molecule has 2 heteroatoms. The van der Waals surface area contributed by atoms with E-state index >= 15 is 0 Å².